The molecule has 278 valence electrons. The van der Waals surface area contributed by atoms with Crippen LogP contribution in [-0.2, 0) is 32.0 Å². The van der Waals surface area contributed by atoms with Crippen LogP contribution in [-0.4, -0.2) is 116 Å². The Balaban J connectivity index is 1.05. The number of phosphoric acid groups is 2. The van der Waals surface area contributed by atoms with Gasteiger partial charge in [-0.15, -0.1) is 0 Å². The largest absolute Gasteiger partial charge is 0.481 e. The molecule has 4 aromatic heterocycles. The number of aromatic nitrogens is 6. The first-order chi connectivity index (χ1) is 24.6. The Bertz CT molecular complexity index is 2080. The number of nitrogens with zero attached hydrogens (tertiary/aromatic N) is 6. The molecule has 2 aliphatic rings. The molecule has 0 saturated carbocycles. The SMILES string of the molecule is NC(=O)c1c[n+](C2OC(COP(=O)(O)OP(=O)(O)OCC3OC(n4cnc5c(N)ncnc54)C(O)C3O)C(O)C2O)ccc1C(=O)c1ccncc1. The molecule has 10 unspecified atom stereocenters. The lowest BCUT2D eigenvalue weighted by atomic mass is 10.0. The molecule has 0 radical (unpaired) electrons. The van der Waals surface area contributed by atoms with Crippen LogP contribution in [0.3, 0.4) is 0 Å². The van der Waals surface area contributed by atoms with Gasteiger partial charge in [-0.25, -0.2) is 24.1 Å². The van der Waals surface area contributed by atoms with Crippen LogP contribution in [0.15, 0.2) is 55.6 Å². The average molecular weight is 770 g/mol. The predicted molar refractivity (Wildman–Crippen MR) is 167 cm³/mol. The van der Waals surface area contributed by atoms with Crippen LogP contribution in [0, 0.1) is 0 Å². The number of rotatable bonds is 13. The van der Waals surface area contributed by atoms with E-state index in [1.54, 1.807) is 0 Å². The molecule has 6 heterocycles. The van der Waals surface area contributed by atoms with E-state index in [0.717, 1.165) is 17.1 Å². The average Bonchev–Trinajstić information content (AvgIpc) is 3.75. The Morgan fingerprint density at radius 1 is 0.885 bits per heavy atom. The van der Waals surface area contributed by atoms with Crippen molar-refractivity contribution in [1.82, 2.24) is 24.5 Å². The van der Waals surface area contributed by atoms with Crippen LogP contribution >= 0.6 is 15.6 Å². The van der Waals surface area contributed by atoms with Gasteiger partial charge < -0.3 is 51.2 Å². The number of anilines is 1. The number of aliphatic hydroxyl groups is 4. The highest BCUT2D eigenvalue weighted by atomic mass is 31.3. The molecule has 25 heteroatoms. The number of imidazole rings is 1. The van der Waals surface area contributed by atoms with Gasteiger partial charge in [0.1, 0.15) is 47.9 Å². The Hall–Kier alpha value is -4.19. The van der Waals surface area contributed by atoms with Crippen LogP contribution in [0.5, 0.6) is 0 Å². The first-order valence-corrected chi connectivity index (χ1v) is 18.0. The molecule has 0 aromatic carbocycles. The number of nitrogen functional groups attached to an aromatic ring is 1. The molecule has 2 fully saturated rings. The second-order valence-corrected chi connectivity index (χ2v) is 14.5. The summed E-state index contributed by atoms with van der Waals surface area (Å²) >= 11 is 0. The molecular formula is C27H31N8O15P2+. The molecule has 52 heavy (non-hydrogen) atoms. The predicted octanol–water partition coefficient (Wildman–Crippen LogP) is -2.39. The van der Waals surface area contributed by atoms with Gasteiger partial charge in [0.25, 0.3) is 12.1 Å². The third-order valence-corrected chi connectivity index (χ3v) is 10.7. The van der Waals surface area contributed by atoms with Crippen molar-refractivity contribution >= 4 is 44.3 Å². The minimum Gasteiger partial charge on any atom is -0.387 e. The van der Waals surface area contributed by atoms with Crippen molar-refractivity contribution < 1.29 is 76.3 Å². The highest BCUT2D eigenvalue weighted by Gasteiger charge is 2.50. The van der Waals surface area contributed by atoms with Crippen LogP contribution in [0.4, 0.5) is 5.82 Å². The lowest BCUT2D eigenvalue weighted by Gasteiger charge is -2.20. The van der Waals surface area contributed by atoms with Crippen LogP contribution in [0.2, 0.25) is 0 Å². The van der Waals surface area contributed by atoms with Crippen molar-refractivity contribution in [3.05, 3.63) is 72.3 Å². The molecule has 0 bridgehead atoms. The fraction of sp³-hybridized carbons (Fsp3) is 0.370. The number of amides is 1. The van der Waals surface area contributed by atoms with E-state index in [1.165, 1.54) is 47.7 Å². The van der Waals surface area contributed by atoms with Crippen LogP contribution in [0.25, 0.3) is 11.2 Å². The fourth-order valence-electron chi connectivity index (χ4n) is 5.50. The standard InChI is InChI=1S/C27H30N8O15P2/c28-23-17-25(32-10-31-23)35(11-33-17)27-22(40)20(38)16(49-27)9-47-52(44,45)50-51(42,43)46-8-15-19(37)21(39)26(48-15)34-6-3-13(14(7-34)24(29)41)18(36)12-1-4-30-5-2-12/h1-7,10-11,15-16,19-22,26-27,37-40H,8-9H2,(H5-,28,29,31,32,41,42,43,44,45)/p+1. The zero-order valence-electron chi connectivity index (χ0n) is 26.3. The smallest absolute Gasteiger partial charge is 0.387 e. The number of phosphoric ester groups is 2. The third-order valence-electron chi connectivity index (χ3n) is 8.07. The minimum atomic E-state index is -5.46. The van der Waals surface area contributed by atoms with E-state index < -0.39 is 89.6 Å². The number of carbonyl (C=O) groups excluding carboxylic acids is 2. The van der Waals surface area contributed by atoms with Gasteiger partial charge in [-0.05, 0) is 12.1 Å². The van der Waals surface area contributed by atoms with Crippen LogP contribution in [0.1, 0.15) is 38.7 Å². The van der Waals surface area contributed by atoms with E-state index in [1.807, 2.05) is 0 Å². The summed E-state index contributed by atoms with van der Waals surface area (Å²) < 4.78 is 52.4. The van der Waals surface area contributed by atoms with Gasteiger partial charge in [0.05, 0.1) is 19.5 Å². The molecule has 10 N–H and O–H groups in total. The molecule has 6 rings (SSSR count). The molecular weight excluding hydrogens is 738 g/mol. The maximum atomic E-state index is 13.0. The maximum Gasteiger partial charge on any atom is 0.481 e. The molecule has 0 spiro atoms. The third kappa shape index (κ3) is 7.63. The molecule has 4 aromatic rings. The van der Waals surface area contributed by atoms with E-state index in [2.05, 4.69) is 24.2 Å². The summed E-state index contributed by atoms with van der Waals surface area (Å²) in [5.41, 5.74) is 11.5. The summed E-state index contributed by atoms with van der Waals surface area (Å²) in [6.45, 7) is -1.91. The molecule has 0 aliphatic carbocycles. The van der Waals surface area contributed by atoms with E-state index in [-0.39, 0.29) is 33.7 Å². The van der Waals surface area contributed by atoms with E-state index in [9.17, 15) is 48.9 Å². The number of aliphatic hydroxyl groups excluding tert-OH is 4. The quantitative estimate of drug-likeness (QED) is 0.0399. The number of carbonyl (C=O) groups is 2. The lowest BCUT2D eigenvalue weighted by molar-refractivity contribution is -0.765. The second kappa shape index (κ2) is 14.7. The Labute approximate surface area is 291 Å². The monoisotopic (exact) mass is 769 g/mol. The number of nitrogens with two attached hydrogens (primary N) is 2. The van der Waals surface area contributed by atoms with Gasteiger partial charge in [-0.3, -0.25) is 28.2 Å². The minimum absolute atomic E-state index is 0.0370. The number of fused-ring (bicyclic) bond motifs is 1. The van der Waals surface area contributed by atoms with Crippen LogP contribution < -0.4 is 16.0 Å². The van der Waals surface area contributed by atoms with Crippen molar-refractivity contribution in [2.45, 2.75) is 49.1 Å². The first kappa shape index (κ1) is 37.6. The van der Waals surface area contributed by atoms with Crippen molar-refractivity contribution in [1.29, 1.82) is 0 Å². The first-order valence-electron chi connectivity index (χ1n) is 15.0. The lowest BCUT2D eigenvalue weighted by Crippen LogP contribution is -2.47. The Morgan fingerprint density at radius 3 is 2.17 bits per heavy atom. The van der Waals surface area contributed by atoms with E-state index in [4.69, 9.17) is 30.0 Å². The van der Waals surface area contributed by atoms with Gasteiger partial charge >= 0.3 is 15.6 Å². The summed E-state index contributed by atoms with van der Waals surface area (Å²) in [5, 5.41) is 42.3. The van der Waals surface area contributed by atoms with Crippen molar-refractivity contribution in [2.75, 3.05) is 18.9 Å². The maximum absolute atomic E-state index is 13.0. The number of pyridine rings is 2. The highest BCUT2D eigenvalue weighted by molar-refractivity contribution is 7.61. The fourth-order valence-corrected chi connectivity index (χ4v) is 7.59. The number of ether oxygens (including phenoxy) is 2. The molecule has 1 amide bonds. The summed E-state index contributed by atoms with van der Waals surface area (Å²) in [6, 6.07) is 4.10. The molecule has 10 atom stereocenters. The second-order valence-electron chi connectivity index (χ2n) is 11.4. The van der Waals surface area contributed by atoms with Gasteiger partial charge in [0.2, 0.25) is 0 Å². The summed E-state index contributed by atoms with van der Waals surface area (Å²) in [7, 11) is -10.9. The van der Waals surface area contributed by atoms with Gasteiger partial charge in [0, 0.05) is 29.6 Å². The van der Waals surface area contributed by atoms with E-state index in [0.29, 0.717) is 0 Å². The Morgan fingerprint density at radius 2 is 1.52 bits per heavy atom. The van der Waals surface area contributed by atoms with Gasteiger partial charge in [0.15, 0.2) is 42.0 Å². The van der Waals surface area contributed by atoms with Gasteiger partial charge in [-0.2, -0.15) is 8.88 Å². The normalized spacial score (nSPS) is 28.4. The summed E-state index contributed by atoms with van der Waals surface area (Å²) in [5.74, 6) is -1.51. The zero-order chi connectivity index (χ0) is 37.5. The number of ketones is 1. The zero-order valence-corrected chi connectivity index (χ0v) is 28.1. The summed E-state index contributed by atoms with van der Waals surface area (Å²) in [4.78, 5) is 61.2. The summed E-state index contributed by atoms with van der Waals surface area (Å²) in [6.07, 6.45) is -5.03. The van der Waals surface area contributed by atoms with Crippen molar-refractivity contribution in [2.24, 2.45) is 5.73 Å². The van der Waals surface area contributed by atoms with E-state index >= 15 is 0 Å². The molecule has 23 nitrogen and oxygen atoms in total. The van der Waals surface area contributed by atoms with Crippen molar-refractivity contribution in [3.63, 3.8) is 0 Å². The number of hydrogen-bond acceptors (Lipinski definition) is 18. The Kier molecular flexibility index (Phi) is 10.6. The van der Waals surface area contributed by atoms with Gasteiger partial charge in [-0.1, -0.05) is 0 Å². The number of hydrogen-bond donors (Lipinski definition) is 8. The topological polar surface area (TPSA) is 348 Å². The molecule has 2 aliphatic heterocycles. The van der Waals surface area contributed by atoms with Crippen molar-refractivity contribution in [3.8, 4) is 0 Å². The number of primary amides is 1. The highest BCUT2D eigenvalue weighted by Crippen LogP contribution is 2.60. The molecule has 2 saturated heterocycles.